The zero-order chi connectivity index (χ0) is 11.0. The van der Waals surface area contributed by atoms with Gasteiger partial charge in [-0.3, -0.25) is 4.90 Å². The molecular formula is C10H18N6. The Morgan fingerprint density at radius 1 is 1.25 bits per heavy atom. The number of hydrogen-bond acceptors (Lipinski definition) is 5. The topological polar surface area (TPSA) is 74.1 Å². The Morgan fingerprint density at radius 3 is 2.56 bits per heavy atom. The maximum absolute atomic E-state index is 5.52. The first kappa shape index (κ1) is 9.89. The van der Waals surface area contributed by atoms with Crippen LogP contribution in [0, 0.1) is 5.92 Å². The molecule has 1 aliphatic heterocycles. The number of rotatable bonds is 3. The number of nitrogens with two attached hydrogens (primary N) is 1. The van der Waals surface area contributed by atoms with Gasteiger partial charge in [-0.15, -0.1) is 5.10 Å². The summed E-state index contributed by atoms with van der Waals surface area (Å²) in [6, 6.07) is 0. The number of aromatic amines is 1. The predicted octanol–water partition coefficient (Wildman–Crippen LogP) is -0.0811. The van der Waals surface area contributed by atoms with Crippen LogP contribution in [0.15, 0.2) is 0 Å². The number of hydrogen-bond donors (Lipinski definition) is 2. The highest BCUT2D eigenvalue weighted by Crippen LogP contribution is 2.30. The van der Waals surface area contributed by atoms with E-state index in [4.69, 9.17) is 5.73 Å². The molecule has 16 heavy (non-hydrogen) atoms. The summed E-state index contributed by atoms with van der Waals surface area (Å²) in [6.07, 6.45) is 2.86. The van der Waals surface area contributed by atoms with Crippen LogP contribution in [0.1, 0.15) is 12.8 Å². The molecule has 3 rings (SSSR count). The van der Waals surface area contributed by atoms with E-state index in [-0.39, 0.29) is 0 Å². The van der Waals surface area contributed by atoms with Crippen LogP contribution in [0.3, 0.4) is 0 Å². The number of nitrogens with one attached hydrogen (secondary N) is 1. The maximum atomic E-state index is 5.52. The first-order chi connectivity index (χ1) is 7.81. The fourth-order valence-electron chi connectivity index (χ4n) is 2.20. The number of nitrogens with zero attached hydrogens (tertiary/aromatic N) is 4. The van der Waals surface area contributed by atoms with Gasteiger partial charge in [-0.1, -0.05) is 0 Å². The van der Waals surface area contributed by atoms with Crippen molar-refractivity contribution < 1.29 is 0 Å². The second-order valence-electron chi connectivity index (χ2n) is 4.75. The lowest BCUT2D eigenvalue weighted by atomic mass is 10.3. The van der Waals surface area contributed by atoms with Crippen LogP contribution < -0.4 is 10.6 Å². The zero-order valence-corrected chi connectivity index (χ0v) is 9.39. The van der Waals surface area contributed by atoms with Crippen molar-refractivity contribution in [1.29, 1.82) is 0 Å². The van der Waals surface area contributed by atoms with Crippen LogP contribution in [0.5, 0.6) is 0 Å². The predicted molar refractivity (Wildman–Crippen MR) is 62.2 cm³/mol. The minimum absolute atomic E-state index is 0.399. The summed E-state index contributed by atoms with van der Waals surface area (Å²) < 4.78 is 0. The van der Waals surface area contributed by atoms with Crippen molar-refractivity contribution in [1.82, 2.24) is 20.1 Å². The lowest BCUT2D eigenvalue weighted by molar-refractivity contribution is 0.247. The Morgan fingerprint density at radius 2 is 2.00 bits per heavy atom. The van der Waals surface area contributed by atoms with Gasteiger partial charge in [0, 0.05) is 32.7 Å². The monoisotopic (exact) mass is 222 g/mol. The van der Waals surface area contributed by atoms with Crippen molar-refractivity contribution >= 4 is 11.9 Å². The average molecular weight is 222 g/mol. The fraction of sp³-hybridized carbons (Fsp3) is 0.800. The first-order valence-electron chi connectivity index (χ1n) is 5.96. The smallest absolute Gasteiger partial charge is 0.246 e. The van der Waals surface area contributed by atoms with Gasteiger partial charge >= 0.3 is 0 Å². The molecule has 2 fully saturated rings. The van der Waals surface area contributed by atoms with E-state index in [1.165, 1.54) is 19.4 Å². The van der Waals surface area contributed by atoms with Gasteiger partial charge in [0.25, 0.3) is 0 Å². The molecular weight excluding hydrogens is 204 g/mol. The normalized spacial score (nSPS) is 22.6. The summed E-state index contributed by atoms with van der Waals surface area (Å²) in [5.74, 6) is 2.12. The molecule has 0 amide bonds. The lowest BCUT2D eigenvalue weighted by Crippen LogP contribution is -2.47. The van der Waals surface area contributed by atoms with Crippen LogP contribution in [0.2, 0.25) is 0 Å². The largest absolute Gasteiger partial charge is 0.368 e. The molecule has 0 unspecified atom stereocenters. The van der Waals surface area contributed by atoms with Crippen molar-refractivity contribution in [2.24, 2.45) is 5.92 Å². The Labute approximate surface area is 94.8 Å². The molecule has 1 saturated heterocycles. The maximum Gasteiger partial charge on any atom is 0.246 e. The van der Waals surface area contributed by atoms with Crippen molar-refractivity contribution in [3.05, 3.63) is 0 Å². The summed E-state index contributed by atoms with van der Waals surface area (Å²) in [7, 11) is 0. The number of H-pyrrole nitrogens is 1. The van der Waals surface area contributed by atoms with Crippen LogP contribution in [-0.2, 0) is 0 Å². The summed E-state index contributed by atoms with van der Waals surface area (Å²) in [4.78, 5) is 8.89. The molecule has 3 N–H and O–H groups in total. The van der Waals surface area contributed by atoms with E-state index < -0.39 is 0 Å². The van der Waals surface area contributed by atoms with Gasteiger partial charge < -0.3 is 10.6 Å². The molecule has 2 heterocycles. The van der Waals surface area contributed by atoms with E-state index in [1.54, 1.807) is 0 Å². The van der Waals surface area contributed by atoms with E-state index in [0.29, 0.717) is 5.95 Å². The molecule has 0 atom stereocenters. The molecule has 0 bridgehead atoms. The second kappa shape index (κ2) is 3.93. The number of nitrogen functional groups attached to an aromatic ring is 1. The quantitative estimate of drug-likeness (QED) is 0.748. The van der Waals surface area contributed by atoms with Gasteiger partial charge in [0.05, 0.1) is 0 Å². The van der Waals surface area contributed by atoms with Gasteiger partial charge in [-0.25, -0.2) is 5.10 Å². The number of piperazine rings is 1. The average Bonchev–Trinajstić information content (AvgIpc) is 3.00. The van der Waals surface area contributed by atoms with Gasteiger partial charge in [0.15, 0.2) is 0 Å². The number of anilines is 2. The Balaban J connectivity index is 1.53. The molecule has 0 spiro atoms. The van der Waals surface area contributed by atoms with Crippen LogP contribution >= 0.6 is 0 Å². The Bertz CT molecular complexity index is 350. The van der Waals surface area contributed by atoms with E-state index in [1.807, 2.05) is 0 Å². The van der Waals surface area contributed by atoms with Crippen LogP contribution in [0.4, 0.5) is 11.9 Å². The third kappa shape index (κ3) is 2.11. The van der Waals surface area contributed by atoms with E-state index in [0.717, 1.165) is 38.0 Å². The van der Waals surface area contributed by atoms with Gasteiger partial charge in [0.1, 0.15) is 0 Å². The molecule has 1 saturated carbocycles. The Kier molecular flexibility index (Phi) is 2.43. The van der Waals surface area contributed by atoms with E-state index in [2.05, 4.69) is 25.0 Å². The fourth-order valence-corrected chi connectivity index (χ4v) is 2.20. The minimum Gasteiger partial charge on any atom is -0.368 e. The highest BCUT2D eigenvalue weighted by molar-refractivity contribution is 5.34. The molecule has 0 radical (unpaired) electrons. The highest BCUT2D eigenvalue weighted by atomic mass is 15.4. The summed E-state index contributed by atoms with van der Waals surface area (Å²) in [5.41, 5.74) is 5.52. The lowest BCUT2D eigenvalue weighted by Gasteiger charge is -2.34. The standard InChI is InChI=1S/C10H18N6/c11-9-12-10(14-13-9)16-5-3-15(4-6-16)7-8-1-2-8/h8H,1-7H2,(H3,11,12,13,14). The van der Waals surface area contributed by atoms with Crippen LogP contribution in [-0.4, -0.2) is 52.8 Å². The van der Waals surface area contributed by atoms with Crippen molar-refractivity contribution in [2.45, 2.75) is 12.8 Å². The SMILES string of the molecule is Nc1nc(N2CCN(CC3CC3)CC2)n[nH]1. The van der Waals surface area contributed by atoms with Gasteiger partial charge in [-0.05, 0) is 18.8 Å². The van der Waals surface area contributed by atoms with Crippen molar-refractivity contribution in [3.63, 3.8) is 0 Å². The minimum atomic E-state index is 0.399. The summed E-state index contributed by atoms with van der Waals surface area (Å²) in [5, 5.41) is 6.76. The third-order valence-electron chi connectivity index (χ3n) is 3.36. The van der Waals surface area contributed by atoms with Gasteiger partial charge in [-0.2, -0.15) is 4.98 Å². The number of aromatic nitrogens is 3. The molecule has 1 aromatic rings. The van der Waals surface area contributed by atoms with Crippen LogP contribution in [0.25, 0.3) is 0 Å². The second-order valence-corrected chi connectivity index (χ2v) is 4.75. The Hall–Kier alpha value is -1.30. The van der Waals surface area contributed by atoms with Crippen molar-refractivity contribution in [2.75, 3.05) is 43.4 Å². The molecule has 0 aromatic carbocycles. The molecule has 6 heteroatoms. The molecule has 1 aliphatic carbocycles. The highest BCUT2D eigenvalue weighted by Gasteiger charge is 2.27. The molecule has 2 aliphatic rings. The first-order valence-corrected chi connectivity index (χ1v) is 5.96. The summed E-state index contributed by atoms with van der Waals surface area (Å²) >= 11 is 0. The van der Waals surface area contributed by atoms with Crippen molar-refractivity contribution in [3.8, 4) is 0 Å². The zero-order valence-electron chi connectivity index (χ0n) is 9.39. The molecule has 6 nitrogen and oxygen atoms in total. The molecule has 1 aromatic heterocycles. The van der Waals surface area contributed by atoms with E-state index in [9.17, 15) is 0 Å². The summed E-state index contributed by atoms with van der Waals surface area (Å²) in [6.45, 7) is 5.52. The van der Waals surface area contributed by atoms with Gasteiger partial charge in [0.2, 0.25) is 11.9 Å². The van der Waals surface area contributed by atoms with E-state index >= 15 is 0 Å². The molecule has 88 valence electrons. The third-order valence-corrected chi connectivity index (χ3v) is 3.36.